The molecule has 0 saturated heterocycles. The molecule has 1 aromatic carbocycles. The quantitative estimate of drug-likeness (QED) is 0.689. The van der Waals surface area contributed by atoms with Crippen molar-refractivity contribution in [2.75, 3.05) is 10.7 Å². The Balaban J connectivity index is 2.12. The summed E-state index contributed by atoms with van der Waals surface area (Å²) in [6.07, 6.45) is 0. The molecule has 0 unspecified atom stereocenters. The van der Waals surface area contributed by atoms with E-state index in [1.54, 1.807) is 18.2 Å². The van der Waals surface area contributed by atoms with Gasteiger partial charge in [0, 0.05) is 4.88 Å². The lowest BCUT2D eigenvalue weighted by Gasteiger charge is -2.17. The molecule has 0 atom stereocenters. The van der Waals surface area contributed by atoms with E-state index < -0.39 is 0 Å². The Bertz CT molecular complexity index is 815. The maximum absolute atomic E-state index is 12.9. The van der Waals surface area contributed by atoms with Crippen LogP contribution >= 0.6 is 46.3 Å². The molecule has 0 radical (unpaired) electrons. The largest absolute Gasteiger partial charge is 0.272 e. The standard InChI is InChI=1S/C16H11Cl2NO2S2/c1-2-22-14-12(11-7-4-8-23-11)15(20)19(16(14)21)10-6-3-5-9(17)13(10)18/h3-8H,2H2,1H3. The molecule has 1 aliphatic heterocycles. The fourth-order valence-electron chi connectivity index (χ4n) is 2.31. The normalized spacial score (nSPS) is 15.0. The number of thiophene rings is 1. The third-order valence-electron chi connectivity index (χ3n) is 3.27. The molecule has 1 aliphatic rings. The van der Waals surface area contributed by atoms with Crippen LogP contribution in [0.5, 0.6) is 0 Å². The van der Waals surface area contributed by atoms with E-state index in [2.05, 4.69) is 0 Å². The topological polar surface area (TPSA) is 37.4 Å². The molecule has 118 valence electrons. The number of anilines is 1. The van der Waals surface area contributed by atoms with Crippen LogP contribution in [0, 0.1) is 0 Å². The van der Waals surface area contributed by atoms with Crippen LogP contribution in [-0.4, -0.2) is 17.6 Å². The number of hydrogen-bond acceptors (Lipinski definition) is 4. The van der Waals surface area contributed by atoms with E-state index in [1.807, 2.05) is 24.4 Å². The van der Waals surface area contributed by atoms with Crippen LogP contribution in [0.1, 0.15) is 11.8 Å². The number of carbonyl (C=O) groups excluding carboxylic acids is 2. The summed E-state index contributed by atoms with van der Waals surface area (Å²) in [5, 5.41) is 2.38. The highest BCUT2D eigenvalue weighted by Gasteiger charge is 2.41. The summed E-state index contributed by atoms with van der Waals surface area (Å²) < 4.78 is 0. The number of benzene rings is 1. The van der Waals surface area contributed by atoms with Gasteiger partial charge in [-0.3, -0.25) is 9.59 Å². The lowest BCUT2D eigenvalue weighted by Crippen LogP contribution is -2.31. The Labute approximate surface area is 151 Å². The van der Waals surface area contributed by atoms with Crippen LogP contribution in [0.2, 0.25) is 10.0 Å². The molecule has 0 fully saturated rings. The third kappa shape index (κ3) is 2.83. The van der Waals surface area contributed by atoms with Crippen molar-refractivity contribution in [2.24, 2.45) is 0 Å². The number of thioether (sulfide) groups is 1. The van der Waals surface area contributed by atoms with E-state index in [-0.39, 0.29) is 16.8 Å². The highest BCUT2D eigenvalue weighted by atomic mass is 35.5. The Morgan fingerprint density at radius 2 is 1.91 bits per heavy atom. The second-order valence-electron chi connectivity index (χ2n) is 4.63. The van der Waals surface area contributed by atoms with Gasteiger partial charge < -0.3 is 0 Å². The Morgan fingerprint density at radius 1 is 1.13 bits per heavy atom. The molecule has 0 spiro atoms. The van der Waals surface area contributed by atoms with Gasteiger partial charge in [-0.25, -0.2) is 4.90 Å². The van der Waals surface area contributed by atoms with Crippen molar-refractivity contribution in [1.82, 2.24) is 0 Å². The van der Waals surface area contributed by atoms with Crippen molar-refractivity contribution in [3.05, 3.63) is 55.5 Å². The fraction of sp³-hybridized carbons (Fsp3) is 0.125. The molecule has 3 rings (SSSR count). The highest BCUT2D eigenvalue weighted by Crippen LogP contribution is 2.42. The van der Waals surface area contributed by atoms with Gasteiger partial charge in [0.15, 0.2) is 0 Å². The zero-order valence-electron chi connectivity index (χ0n) is 12.0. The van der Waals surface area contributed by atoms with Crippen LogP contribution in [0.4, 0.5) is 5.69 Å². The summed E-state index contributed by atoms with van der Waals surface area (Å²) in [4.78, 5) is 28.1. The van der Waals surface area contributed by atoms with Crippen molar-refractivity contribution >= 4 is 69.4 Å². The zero-order valence-corrected chi connectivity index (χ0v) is 15.2. The smallest absolute Gasteiger partial charge is 0.268 e. The summed E-state index contributed by atoms with van der Waals surface area (Å²) in [5.41, 5.74) is 0.753. The molecule has 2 amide bonds. The maximum atomic E-state index is 12.9. The van der Waals surface area contributed by atoms with Crippen molar-refractivity contribution in [3.8, 4) is 0 Å². The van der Waals surface area contributed by atoms with Crippen LogP contribution in [0.25, 0.3) is 5.57 Å². The van der Waals surface area contributed by atoms with Gasteiger partial charge in [-0.1, -0.05) is 42.3 Å². The molecule has 0 aliphatic carbocycles. The minimum Gasteiger partial charge on any atom is -0.268 e. The summed E-state index contributed by atoms with van der Waals surface area (Å²) >= 11 is 15.0. The average molecular weight is 384 g/mol. The molecule has 23 heavy (non-hydrogen) atoms. The highest BCUT2D eigenvalue weighted by molar-refractivity contribution is 8.04. The first-order chi connectivity index (χ1) is 11.1. The summed E-state index contributed by atoms with van der Waals surface area (Å²) in [6, 6.07) is 8.60. The molecular weight excluding hydrogens is 373 g/mol. The van der Waals surface area contributed by atoms with E-state index in [1.165, 1.54) is 23.1 Å². The van der Waals surface area contributed by atoms with Gasteiger partial charge in [0.05, 0.1) is 26.2 Å². The monoisotopic (exact) mass is 383 g/mol. The van der Waals surface area contributed by atoms with E-state index >= 15 is 0 Å². The number of halogens is 2. The fourth-order valence-corrected chi connectivity index (χ4v) is 4.37. The molecule has 0 N–H and O–H groups in total. The molecule has 2 heterocycles. The van der Waals surface area contributed by atoms with Crippen molar-refractivity contribution in [2.45, 2.75) is 6.92 Å². The number of amides is 2. The molecular formula is C16H11Cl2NO2S2. The summed E-state index contributed by atoms with van der Waals surface area (Å²) in [6.45, 7) is 1.94. The van der Waals surface area contributed by atoms with Gasteiger partial charge in [0.1, 0.15) is 0 Å². The SMILES string of the molecule is CCSC1=C(c2cccs2)C(=O)N(c2cccc(Cl)c2Cl)C1=O. The minimum atomic E-state index is -0.363. The number of rotatable bonds is 4. The summed E-state index contributed by atoms with van der Waals surface area (Å²) in [7, 11) is 0. The predicted molar refractivity (Wildman–Crippen MR) is 98.3 cm³/mol. The van der Waals surface area contributed by atoms with Crippen LogP contribution < -0.4 is 4.90 Å². The van der Waals surface area contributed by atoms with Gasteiger partial charge in [-0.05, 0) is 29.3 Å². The number of imide groups is 1. The molecule has 0 bridgehead atoms. The van der Waals surface area contributed by atoms with Gasteiger partial charge in [0.25, 0.3) is 11.8 Å². The van der Waals surface area contributed by atoms with Crippen LogP contribution in [0.15, 0.2) is 40.6 Å². The molecule has 0 saturated carbocycles. The maximum Gasteiger partial charge on any atom is 0.272 e. The van der Waals surface area contributed by atoms with Crippen molar-refractivity contribution < 1.29 is 9.59 Å². The van der Waals surface area contributed by atoms with Gasteiger partial charge >= 0.3 is 0 Å². The van der Waals surface area contributed by atoms with Crippen LogP contribution in [-0.2, 0) is 9.59 Å². The molecule has 7 heteroatoms. The second kappa shape index (κ2) is 6.69. The first-order valence-corrected chi connectivity index (χ1v) is 9.42. The third-order valence-corrected chi connectivity index (χ3v) is 5.92. The number of carbonyl (C=O) groups is 2. The summed E-state index contributed by atoms with van der Waals surface area (Å²) in [5.74, 6) is -0.0210. The molecule has 2 aromatic rings. The van der Waals surface area contributed by atoms with E-state index in [4.69, 9.17) is 23.2 Å². The first-order valence-electron chi connectivity index (χ1n) is 6.80. The zero-order chi connectivity index (χ0) is 16.6. The van der Waals surface area contributed by atoms with E-state index in [9.17, 15) is 9.59 Å². The molecule has 3 nitrogen and oxygen atoms in total. The van der Waals surface area contributed by atoms with Crippen molar-refractivity contribution in [1.29, 1.82) is 0 Å². The van der Waals surface area contributed by atoms with E-state index in [0.29, 0.717) is 26.9 Å². The van der Waals surface area contributed by atoms with Crippen molar-refractivity contribution in [3.63, 3.8) is 0 Å². The molecule has 1 aromatic heterocycles. The number of nitrogens with zero attached hydrogens (tertiary/aromatic N) is 1. The van der Waals surface area contributed by atoms with Gasteiger partial charge in [-0.2, -0.15) is 0 Å². The lowest BCUT2D eigenvalue weighted by atomic mass is 10.2. The lowest BCUT2D eigenvalue weighted by molar-refractivity contribution is -0.119. The Morgan fingerprint density at radius 3 is 2.57 bits per heavy atom. The minimum absolute atomic E-state index is 0.198. The van der Waals surface area contributed by atoms with E-state index in [0.717, 1.165) is 9.78 Å². The van der Waals surface area contributed by atoms with Crippen LogP contribution in [0.3, 0.4) is 0 Å². The Kier molecular flexibility index (Phi) is 4.82. The predicted octanol–water partition coefficient (Wildman–Crippen LogP) is 5.09. The second-order valence-corrected chi connectivity index (χ2v) is 7.64. The Hall–Kier alpha value is -1.27. The number of hydrogen-bond donors (Lipinski definition) is 0. The van der Waals surface area contributed by atoms with Gasteiger partial charge in [-0.15, -0.1) is 23.1 Å². The first kappa shape index (κ1) is 16.6. The van der Waals surface area contributed by atoms with Gasteiger partial charge in [0.2, 0.25) is 0 Å². The average Bonchev–Trinajstić information content (AvgIpc) is 3.12.